The van der Waals surface area contributed by atoms with Crippen molar-refractivity contribution in [2.75, 3.05) is 42.9 Å². The fraction of sp³-hybridized carbons (Fsp3) is 0.536. The normalized spacial score (nSPS) is 16.5. The van der Waals surface area contributed by atoms with Gasteiger partial charge in [-0.3, -0.25) is 14.2 Å². The largest absolute Gasteiger partial charge is 0.368 e. The Hall–Kier alpha value is -3.33. The van der Waals surface area contributed by atoms with Gasteiger partial charge in [-0.15, -0.1) is 0 Å². The first-order valence-electron chi connectivity index (χ1n) is 13.6. The van der Waals surface area contributed by atoms with Crippen LogP contribution in [0.1, 0.15) is 75.3 Å². The second kappa shape index (κ2) is 11.8. The van der Waals surface area contributed by atoms with Crippen molar-refractivity contribution in [1.82, 2.24) is 24.4 Å². The number of Topliss-reactive ketones (excluding diaryl/α,β-unsaturated/α-hetero) is 1. The van der Waals surface area contributed by atoms with Gasteiger partial charge in [0.25, 0.3) is 5.56 Å². The number of nitrogens with one attached hydrogen (secondary N) is 1. The van der Waals surface area contributed by atoms with Gasteiger partial charge in [0.2, 0.25) is 5.95 Å². The van der Waals surface area contributed by atoms with Crippen LogP contribution < -0.4 is 15.8 Å². The zero-order chi connectivity index (χ0) is 26.5. The van der Waals surface area contributed by atoms with E-state index in [1.165, 1.54) is 6.92 Å². The van der Waals surface area contributed by atoms with Gasteiger partial charge in [-0.2, -0.15) is 4.98 Å². The molecule has 9 heteroatoms. The predicted octanol–water partition coefficient (Wildman–Crippen LogP) is 4.72. The summed E-state index contributed by atoms with van der Waals surface area (Å²) in [6.45, 7) is 14.7. The number of likely N-dealkylation sites (N-methyl/N-ethyl adjacent to an activating group) is 1. The van der Waals surface area contributed by atoms with Crippen molar-refractivity contribution in [2.24, 2.45) is 0 Å². The second-order valence-corrected chi connectivity index (χ2v) is 9.55. The molecule has 0 spiro atoms. The summed E-state index contributed by atoms with van der Waals surface area (Å²) in [6, 6.07) is 4.05. The Morgan fingerprint density at radius 1 is 1.05 bits per heavy atom. The lowest BCUT2D eigenvalue weighted by Crippen LogP contribution is -2.46. The first kappa shape index (κ1) is 26.7. The highest BCUT2D eigenvalue weighted by molar-refractivity contribution is 5.99. The third kappa shape index (κ3) is 5.51. The van der Waals surface area contributed by atoms with Crippen molar-refractivity contribution in [1.29, 1.82) is 0 Å². The summed E-state index contributed by atoms with van der Waals surface area (Å²) < 4.78 is 1.73. The van der Waals surface area contributed by atoms with Crippen molar-refractivity contribution in [3.63, 3.8) is 0 Å². The molecule has 37 heavy (non-hydrogen) atoms. The fourth-order valence-electron chi connectivity index (χ4n) is 5.39. The minimum Gasteiger partial charge on any atom is -0.368 e. The molecular formula is C28H39N7O2. The molecule has 0 atom stereocenters. The fourth-order valence-corrected chi connectivity index (χ4v) is 5.39. The SMILES string of the molecule is CC.CCN1CCN(c2ccc(Nc3ncc4c(C)c(C(C)=O)c(=O)n(C5CCCC5)c4n3)nc2)CC1. The number of aromatic nitrogens is 4. The highest BCUT2D eigenvalue weighted by Crippen LogP contribution is 2.32. The number of hydrogen-bond acceptors (Lipinski definition) is 8. The topological polar surface area (TPSA) is 96.2 Å². The van der Waals surface area contributed by atoms with E-state index < -0.39 is 0 Å². The van der Waals surface area contributed by atoms with Crippen molar-refractivity contribution in [3.05, 3.63) is 46.0 Å². The number of hydrogen-bond donors (Lipinski definition) is 1. The number of ketones is 1. The molecule has 198 valence electrons. The van der Waals surface area contributed by atoms with Crippen LogP contribution in [0.2, 0.25) is 0 Å². The monoisotopic (exact) mass is 505 g/mol. The summed E-state index contributed by atoms with van der Waals surface area (Å²) in [5.41, 5.74) is 2.32. The van der Waals surface area contributed by atoms with Crippen LogP contribution in [0, 0.1) is 6.92 Å². The third-order valence-corrected chi connectivity index (χ3v) is 7.42. The molecule has 1 N–H and O–H groups in total. The lowest BCUT2D eigenvalue weighted by atomic mass is 10.0. The Labute approximate surface area is 218 Å². The minimum atomic E-state index is -0.246. The minimum absolute atomic E-state index is 0.0528. The summed E-state index contributed by atoms with van der Waals surface area (Å²) in [5, 5.41) is 3.93. The van der Waals surface area contributed by atoms with Crippen LogP contribution in [0.25, 0.3) is 11.0 Å². The smallest absolute Gasteiger partial charge is 0.263 e. The molecule has 1 saturated carbocycles. The van der Waals surface area contributed by atoms with E-state index in [4.69, 9.17) is 4.98 Å². The van der Waals surface area contributed by atoms with E-state index in [1.54, 1.807) is 17.7 Å². The maximum atomic E-state index is 13.4. The van der Waals surface area contributed by atoms with Gasteiger partial charge < -0.3 is 15.1 Å². The van der Waals surface area contributed by atoms with Gasteiger partial charge >= 0.3 is 0 Å². The third-order valence-electron chi connectivity index (χ3n) is 7.42. The number of anilines is 3. The highest BCUT2D eigenvalue weighted by atomic mass is 16.1. The Morgan fingerprint density at radius 3 is 2.35 bits per heavy atom. The van der Waals surface area contributed by atoms with Gasteiger partial charge in [-0.25, -0.2) is 9.97 Å². The maximum absolute atomic E-state index is 13.4. The Balaban J connectivity index is 0.00000156. The van der Waals surface area contributed by atoms with Crippen molar-refractivity contribution >= 4 is 34.3 Å². The van der Waals surface area contributed by atoms with Crippen molar-refractivity contribution < 1.29 is 4.79 Å². The average molecular weight is 506 g/mol. The molecule has 2 fully saturated rings. The van der Waals surface area contributed by atoms with Crippen molar-refractivity contribution in [2.45, 2.75) is 66.3 Å². The molecule has 1 aliphatic heterocycles. The molecule has 0 bridgehead atoms. The van der Waals surface area contributed by atoms with E-state index in [9.17, 15) is 9.59 Å². The molecule has 3 aromatic heterocycles. The zero-order valence-corrected chi connectivity index (χ0v) is 22.8. The molecular weight excluding hydrogens is 466 g/mol. The van der Waals surface area contributed by atoms with Gasteiger partial charge in [0.15, 0.2) is 5.78 Å². The van der Waals surface area contributed by atoms with Gasteiger partial charge in [-0.05, 0) is 50.9 Å². The standard InChI is InChI=1S/C26H33N7O2.C2H6/c1-4-31-11-13-32(14-12-31)20-9-10-22(27-15-20)29-26-28-16-21-17(2)23(18(3)34)25(35)33(24(21)30-26)19-7-5-6-8-19;1-2/h9-10,15-16,19H,4-8,11-14H2,1-3H3,(H,27,28,29,30);1-2H3. The molecule has 0 amide bonds. The number of carbonyl (C=O) groups excluding carboxylic acids is 1. The van der Waals surface area contributed by atoms with Gasteiger partial charge in [0.05, 0.1) is 17.4 Å². The summed E-state index contributed by atoms with van der Waals surface area (Å²) in [4.78, 5) is 44.3. The number of aryl methyl sites for hydroxylation is 1. The Kier molecular flexibility index (Phi) is 8.53. The number of carbonyl (C=O) groups is 1. The molecule has 1 saturated heterocycles. The number of piperazine rings is 1. The summed E-state index contributed by atoms with van der Waals surface area (Å²) in [6.07, 6.45) is 7.56. The number of nitrogens with zero attached hydrogens (tertiary/aromatic N) is 6. The molecule has 9 nitrogen and oxygen atoms in total. The Bertz CT molecular complexity index is 1290. The van der Waals surface area contributed by atoms with Crippen LogP contribution in [-0.2, 0) is 0 Å². The lowest BCUT2D eigenvalue weighted by molar-refractivity contribution is 0.101. The number of pyridine rings is 2. The van der Waals surface area contributed by atoms with Gasteiger partial charge in [0, 0.05) is 43.8 Å². The molecule has 5 rings (SSSR count). The average Bonchev–Trinajstić information content (AvgIpc) is 3.45. The number of rotatable bonds is 6. The quantitative estimate of drug-likeness (QED) is 0.481. The van der Waals surface area contributed by atoms with Crippen LogP contribution in [0.15, 0.2) is 29.3 Å². The van der Waals surface area contributed by atoms with E-state index in [2.05, 4.69) is 38.1 Å². The van der Waals surface area contributed by atoms with Crippen LogP contribution in [0.5, 0.6) is 0 Å². The molecule has 3 aromatic rings. The molecule has 2 aliphatic rings. The molecule has 0 unspecified atom stereocenters. The first-order valence-corrected chi connectivity index (χ1v) is 13.6. The molecule has 0 radical (unpaired) electrons. The van der Waals surface area contributed by atoms with Crippen LogP contribution in [-0.4, -0.2) is 62.9 Å². The summed E-state index contributed by atoms with van der Waals surface area (Å²) in [7, 11) is 0. The van der Waals surface area contributed by atoms with Crippen LogP contribution >= 0.6 is 0 Å². The maximum Gasteiger partial charge on any atom is 0.263 e. The number of fused-ring (bicyclic) bond motifs is 1. The van der Waals surface area contributed by atoms with Crippen LogP contribution in [0.3, 0.4) is 0 Å². The lowest BCUT2D eigenvalue weighted by Gasteiger charge is -2.35. The second-order valence-electron chi connectivity index (χ2n) is 9.55. The van der Waals surface area contributed by atoms with Gasteiger partial charge in [0.1, 0.15) is 11.5 Å². The summed E-state index contributed by atoms with van der Waals surface area (Å²) >= 11 is 0. The van der Waals surface area contributed by atoms with E-state index in [0.29, 0.717) is 23.0 Å². The zero-order valence-electron chi connectivity index (χ0n) is 22.8. The molecule has 0 aromatic carbocycles. The summed E-state index contributed by atoms with van der Waals surface area (Å²) in [5.74, 6) is 0.811. The van der Waals surface area contributed by atoms with Gasteiger partial charge in [-0.1, -0.05) is 33.6 Å². The Morgan fingerprint density at radius 2 is 1.76 bits per heavy atom. The van der Waals surface area contributed by atoms with E-state index in [0.717, 1.165) is 69.5 Å². The first-order chi connectivity index (χ1) is 18.0. The molecule has 4 heterocycles. The van der Waals surface area contributed by atoms with E-state index in [-0.39, 0.29) is 22.9 Å². The molecule has 1 aliphatic carbocycles. The predicted molar refractivity (Wildman–Crippen MR) is 149 cm³/mol. The van der Waals surface area contributed by atoms with Crippen molar-refractivity contribution in [3.8, 4) is 0 Å². The van der Waals surface area contributed by atoms with Crippen LogP contribution in [0.4, 0.5) is 17.5 Å². The van der Waals surface area contributed by atoms with E-state index >= 15 is 0 Å². The van der Waals surface area contributed by atoms with E-state index in [1.807, 2.05) is 26.1 Å². The highest BCUT2D eigenvalue weighted by Gasteiger charge is 2.26.